The molecule has 0 aromatic carbocycles. The molecular formula is C11H19N5O. The molecule has 0 saturated carbocycles. The molecule has 2 atom stereocenters. The van der Waals surface area contributed by atoms with Gasteiger partial charge in [0.2, 0.25) is 0 Å². The van der Waals surface area contributed by atoms with Crippen molar-refractivity contribution in [3.63, 3.8) is 0 Å². The fourth-order valence-electron chi connectivity index (χ4n) is 2.02. The Bertz CT molecular complexity index is 378. The molecule has 6 heteroatoms. The number of ether oxygens (including phenoxy) is 1. The third kappa shape index (κ3) is 2.65. The number of nitrogens with two attached hydrogens (primary N) is 1. The molecule has 6 nitrogen and oxygen atoms in total. The third-order valence-electron chi connectivity index (χ3n) is 3.26. The molecule has 94 valence electrons. The molecule has 1 aromatic rings. The zero-order chi connectivity index (χ0) is 12.3. The van der Waals surface area contributed by atoms with Gasteiger partial charge in [0, 0.05) is 24.1 Å². The first kappa shape index (κ1) is 12.1. The molecule has 1 aromatic heterocycles. The molecule has 1 aliphatic heterocycles. The number of nitrogens with zero attached hydrogens (tertiary/aromatic N) is 2. The summed E-state index contributed by atoms with van der Waals surface area (Å²) in [4.78, 5) is 8.29. The molecular weight excluding hydrogens is 218 g/mol. The van der Waals surface area contributed by atoms with Crippen LogP contribution in [0.15, 0.2) is 6.33 Å². The molecule has 0 amide bonds. The van der Waals surface area contributed by atoms with Crippen LogP contribution in [0.3, 0.4) is 0 Å². The molecule has 2 heterocycles. The van der Waals surface area contributed by atoms with E-state index < -0.39 is 0 Å². The summed E-state index contributed by atoms with van der Waals surface area (Å²) in [7, 11) is 0. The second kappa shape index (κ2) is 5.29. The van der Waals surface area contributed by atoms with Gasteiger partial charge in [-0.25, -0.2) is 15.8 Å². The average Bonchev–Trinajstić information content (AvgIpc) is 2.85. The van der Waals surface area contributed by atoms with Crippen molar-refractivity contribution in [1.82, 2.24) is 9.97 Å². The van der Waals surface area contributed by atoms with Gasteiger partial charge >= 0.3 is 0 Å². The maximum Gasteiger partial charge on any atom is 0.148 e. The second-order valence-corrected chi connectivity index (χ2v) is 4.40. The Kier molecular flexibility index (Phi) is 3.75. The first-order chi connectivity index (χ1) is 8.22. The van der Waals surface area contributed by atoms with Crippen LogP contribution < -0.4 is 16.6 Å². The third-order valence-corrected chi connectivity index (χ3v) is 3.26. The van der Waals surface area contributed by atoms with E-state index in [1.807, 2.05) is 6.92 Å². The molecule has 2 rings (SSSR count). The van der Waals surface area contributed by atoms with Crippen LogP contribution in [0.5, 0.6) is 0 Å². The molecule has 0 aliphatic carbocycles. The van der Waals surface area contributed by atoms with Crippen LogP contribution in [0.1, 0.15) is 18.9 Å². The summed E-state index contributed by atoms with van der Waals surface area (Å²) in [5.41, 5.74) is 3.49. The number of rotatable bonds is 4. The van der Waals surface area contributed by atoms with Gasteiger partial charge < -0.3 is 15.5 Å². The Morgan fingerprint density at radius 1 is 1.47 bits per heavy atom. The van der Waals surface area contributed by atoms with Gasteiger partial charge in [-0.1, -0.05) is 0 Å². The van der Waals surface area contributed by atoms with Gasteiger partial charge in [-0.05, 0) is 20.3 Å². The van der Waals surface area contributed by atoms with Crippen LogP contribution in [-0.4, -0.2) is 29.2 Å². The lowest BCUT2D eigenvalue weighted by molar-refractivity contribution is 0.183. The van der Waals surface area contributed by atoms with E-state index in [-0.39, 0.29) is 0 Å². The first-order valence-electron chi connectivity index (χ1n) is 5.85. The van der Waals surface area contributed by atoms with Crippen LogP contribution in [0.2, 0.25) is 0 Å². The van der Waals surface area contributed by atoms with Crippen LogP contribution in [-0.2, 0) is 4.74 Å². The van der Waals surface area contributed by atoms with E-state index in [1.54, 1.807) is 0 Å². The predicted molar refractivity (Wildman–Crippen MR) is 66.6 cm³/mol. The van der Waals surface area contributed by atoms with E-state index in [9.17, 15) is 0 Å². The molecule has 2 unspecified atom stereocenters. The molecule has 0 spiro atoms. The smallest absolute Gasteiger partial charge is 0.148 e. The monoisotopic (exact) mass is 237 g/mol. The fraction of sp³-hybridized carbons (Fsp3) is 0.636. The zero-order valence-corrected chi connectivity index (χ0v) is 10.2. The number of hydrogen-bond donors (Lipinski definition) is 3. The van der Waals surface area contributed by atoms with Gasteiger partial charge in [0.15, 0.2) is 0 Å². The standard InChI is InChI=1S/C11H19N5O/c1-7-10(13-6-14-11(7)16-12)15-8(2)9-3-4-17-5-9/h6,8-9H,3-5,12H2,1-2H3,(H2,13,14,15,16). The summed E-state index contributed by atoms with van der Waals surface area (Å²) in [6.45, 7) is 5.77. The van der Waals surface area contributed by atoms with Crippen molar-refractivity contribution in [2.45, 2.75) is 26.3 Å². The van der Waals surface area contributed by atoms with Crippen LogP contribution in [0.4, 0.5) is 11.6 Å². The van der Waals surface area contributed by atoms with E-state index in [0.717, 1.165) is 31.0 Å². The van der Waals surface area contributed by atoms with Crippen molar-refractivity contribution >= 4 is 11.6 Å². The van der Waals surface area contributed by atoms with Gasteiger partial charge in [-0.15, -0.1) is 0 Å². The number of nitrogen functional groups attached to an aromatic ring is 1. The number of hydrazine groups is 1. The molecule has 1 fully saturated rings. The number of aromatic nitrogens is 2. The highest BCUT2D eigenvalue weighted by Crippen LogP contribution is 2.22. The van der Waals surface area contributed by atoms with Crippen molar-refractivity contribution < 1.29 is 4.74 Å². The largest absolute Gasteiger partial charge is 0.381 e. The van der Waals surface area contributed by atoms with Gasteiger partial charge in [0.1, 0.15) is 18.0 Å². The van der Waals surface area contributed by atoms with Gasteiger partial charge in [-0.2, -0.15) is 0 Å². The summed E-state index contributed by atoms with van der Waals surface area (Å²) < 4.78 is 5.39. The maximum absolute atomic E-state index is 5.39. The molecule has 1 aliphatic rings. The molecule has 17 heavy (non-hydrogen) atoms. The Morgan fingerprint density at radius 3 is 2.88 bits per heavy atom. The Hall–Kier alpha value is -1.40. The molecule has 0 bridgehead atoms. The van der Waals surface area contributed by atoms with Crippen molar-refractivity contribution in [3.05, 3.63) is 11.9 Å². The van der Waals surface area contributed by atoms with Gasteiger partial charge in [-0.3, -0.25) is 0 Å². The van der Waals surface area contributed by atoms with Gasteiger partial charge in [0.05, 0.1) is 6.61 Å². The van der Waals surface area contributed by atoms with Crippen LogP contribution in [0.25, 0.3) is 0 Å². The second-order valence-electron chi connectivity index (χ2n) is 4.40. The lowest BCUT2D eigenvalue weighted by atomic mass is 10.0. The minimum absolute atomic E-state index is 0.330. The van der Waals surface area contributed by atoms with Crippen molar-refractivity contribution in [1.29, 1.82) is 0 Å². The Morgan fingerprint density at radius 2 is 2.24 bits per heavy atom. The normalized spacial score (nSPS) is 21.2. The molecule has 4 N–H and O–H groups in total. The van der Waals surface area contributed by atoms with E-state index in [2.05, 4.69) is 27.6 Å². The highest BCUT2D eigenvalue weighted by atomic mass is 16.5. The van der Waals surface area contributed by atoms with Crippen LogP contribution in [0, 0.1) is 12.8 Å². The highest BCUT2D eigenvalue weighted by Gasteiger charge is 2.23. The minimum Gasteiger partial charge on any atom is -0.381 e. The average molecular weight is 237 g/mol. The van der Waals surface area contributed by atoms with Crippen LogP contribution >= 0.6 is 0 Å². The fourth-order valence-corrected chi connectivity index (χ4v) is 2.02. The van der Waals surface area contributed by atoms with E-state index in [4.69, 9.17) is 10.6 Å². The summed E-state index contributed by atoms with van der Waals surface area (Å²) in [5, 5.41) is 3.40. The highest BCUT2D eigenvalue weighted by molar-refractivity contribution is 5.56. The predicted octanol–water partition coefficient (Wildman–Crippen LogP) is 0.908. The zero-order valence-electron chi connectivity index (χ0n) is 10.2. The minimum atomic E-state index is 0.330. The summed E-state index contributed by atoms with van der Waals surface area (Å²) in [6, 6.07) is 0.330. The summed E-state index contributed by atoms with van der Waals surface area (Å²) in [6.07, 6.45) is 2.60. The van der Waals surface area contributed by atoms with Gasteiger partial charge in [0.25, 0.3) is 0 Å². The van der Waals surface area contributed by atoms with E-state index >= 15 is 0 Å². The first-order valence-corrected chi connectivity index (χ1v) is 5.85. The summed E-state index contributed by atoms with van der Waals surface area (Å²) in [5.74, 6) is 7.40. The topological polar surface area (TPSA) is 85.1 Å². The SMILES string of the molecule is Cc1c(NN)ncnc1NC(C)C1CCOC1. The maximum atomic E-state index is 5.39. The summed E-state index contributed by atoms with van der Waals surface area (Å²) >= 11 is 0. The number of hydrogen-bond acceptors (Lipinski definition) is 6. The quantitative estimate of drug-likeness (QED) is 0.533. The van der Waals surface area contributed by atoms with Crippen molar-refractivity contribution in [2.24, 2.45) is 11.8 Å². The Labute approximate surface area is 101 Å². The number of anilines is 2. The lowest BCUT2D eigenvalue weighted by Crippen LogP contribution is -2.27. The molecule has 0 radical (unpaired) electrons. The van der Waals surface area contributed by atoms with Crippen molar-refractivity contribution in [3.8, 4) is 0 Å². The lowest BCUT2D eigenvalue weighted by Gasteiger charge is -2.21. The molecule has 1 saturated heterocycles. The Balaban J connectivity index is 2.07. The van der Waals surface area contributed by atoms with E-state index in [0.29, 0.717) is 17.8 Å². The number of nitrogens with one attached hydrogen (secondary N) is 2. The van der Waals surface area contributed by atoms with Crippen molar-refractivity contribution in [2.75, 3.05) is 24.0 Å². The van der Waals surface area contributed by atoms with E-state index in [1.165, 1.54) is 6.33 Å².